The van der Waals surface area contributed by atoms with Gasteiger partial charge in [-0.1, -0.05) is 84.9 Å². The first-order valence-electron chi connectivity index (χ1n) is 17.0. The van der Waals surface area contributed by atoms with Gasteiger partial charge in [0.1, 0.15) is 6.04 Å². The number of hydrogen-bond acceptors (Lipinski definition) is 4. The topological polar surface area (TPSA) is 74.9 Å². The number of urea groups is 1. The predicted octanol–water partition coefficient (Wildman–Crippen LogP) is 5.95. The third-order valence-electron chi connectivity index (χ3n) is 9.75. The van der Waals surface area contributed by atoms with Gasteiger partial charge in [-0.15, -0.1) is 0 Å². The maximum atomic E-state index is 14.8. The number of fused-ring (bicyclic) bond motifs is 2. The number of amides is 3. The highest BCUT2D eigenvalue weighted by Crippen LogP contribution is 2.31. The lowest BCUT2D eigenvalue weighted by molar-refractivity contribution is -0.120. The summed E-state index contributed by atoms with van der Waals surface area (Å²) in [7, 11) is 2.15. The number of anilines is 2. The SMILES string of the molecule is CN(Cc1ccccc1)CC1Cc2ccccc2N(C(=O)C(Cc2c[nH]c3ccccc23)NC(=O)N2CCN(c3ccccc3)CC2)C1. The molecule has 2 N–H and O–H groups in total. The summed E-state index contributed by atoms with van der Waals surface area (Å²) >= 11 is 0. The third-order valence-corrected chi connectivity index (χ3v) is 9.75. The van der Waals surface area contributed by atoms with E-state index in [9.17, 15) is 9.59 Å². The van der Waals surface area contributed by atoms with E-state index < -0.39 is 6.04 Å². The molecule has 4 aromatic carbocycles. The van der Waals surface area contributed by atoms with Gasteiger partial charge in [-0.2, -0.15) is 0 Å². The fraction of sp³-hybridized carbons (Fsp3) is 0.300. The van der Waals surface area contributed by atoms with Crippen LogP contribution in [-0.4, -0.2) is 79.1 Å². The van der Waals surface area contributed by atoms with Gasteiger partial charge in [-0.05, 0) is 60.3 Å². The highest BCUT2D eigenvalue weighted by molar-refractivity contribution is 6.00. The van der Waals surface area contributed by atoms with Crippen LogP contribution < -0.4 is 15.1 Å². The van der Waals surface area contributed by atoms with Gasteiger partial charge in [0, 0.05) is 80.7 Å². The minimum atomic E-state index is -0.724. The average molecular weight is 641 g/mol. The summed E-state index contributed by atoms with van der Waals surface area (Å²) in [6, 6.07) is 36.3. The summed E-state index contributed by atoms with van der Waals surface area (Å²) in [6.45, 7) is 4.99. The first-order valence-corrected chi connectivity index (χ1v) is 17.0. The van der Waals surface area contributed by atoms with E-state index in [1.165, 1.54) is 11.1 Å². The van der Waals surface area contributed by atoms with Crippen LogP contribution in [0, 0.1) is 5.92 Å². The number of para-hydroxylation sites is 3. The molecule has 8 heteroatoms. The lowest BCUT2D eigenvalue weighted by atomic mass is 9.91. The maximum Gasteiger partial charge on any atom is 0.318 e. The molecule has 0 spiro atoms. The van der Waals surface area contributed by atoms with Crippen molar-refractivity contribution in [3.63, 3.8) is 0 Å². The number of hydrogen-bond donors (Lipinski definition) is 2. The maximum absolute atomic E-state index is 14.8. The van der Waals surface area contributed by atoms with Gasteiger partial charge in [0.05, 0.1) is 0 Å². The Morgan fingerprint density at radius 3 is 2.33 bits per heavy atom. The Kier molecular flexibility index (Phi) is 9.43. The second-order valence-electron chi connectivity index (χ2n) is 13.2. The molecule has 0 bridgehead atoms. The van der Waals surface area contributed by atoms with E-state index in [1.54, 1.807) is 0 Å². The van der Waals surface area contributed by atoms with E-state index >= 15 is 0 Å². The third kappa shape index (κ3) is 7.09. The van der Waals surface area contributed by atoms with Crippen molar-refractivity contribution in [1.82, 2.24) is 20.1 Å². The predicted molar refractivity (Wildman–Crippen MR) is 193 cm³/mol. The van der Waals surface area contributed by atoms with Crippen LogP contribution in [0.25, 0.3) is 10.9 Å². The summed E-state index contributed by atoms with van der Waals surface area (Å²) in [5.41, 5.74) is 6.59. The van der Waals surface area contributed by atoms with E-state index in [-0.39, 0.29) is 17.9 Å². The molecule has 5 aromatic rings. The highest BCUT2D eigenvalue weighted by Gasteiger charge is 2.35. The van der Waals surface area contributed by atoms with Crippen molar-refractivity contribution in [1.29, 1.82) is 0 Å². The standard InChI is InChI=1S/C40H44N6O2/c1-43(27-30-12-4-2-5-13-30)28-31-24-32-14-8-11-19-38(32)46(29-31)39(47)37(25-33-26-41-36-18-10-9-17-35(33)36)42-40(48)45-22-20-44(21-23-45)34-15-6-3-7-16-34/h2-19,26,31,37,41H,20-25,27-29H2,1H3,(H,42,48). The first-order chi connectivity index (χ1) is 23.5. The van der Waals surface area contributed by atoms with Crippen molar-refractivity contribution in [2.75, 3.05) is 56.1 Å². The normalized spacial score (nSPS) is 17.0. The summed E-state index contributed by atoms with van der Waals surface area (Å²) < 4.78 is 0. The molecule has 2 atom stereocenters. The summed E-state index contributed by atoms with van der Waals surface area (Å²) in [5.74, 6) is 0.187. The van der Waals surface area contributed by atoms with Crippen molar-refractivity contribution >= 4 is 34.2 Å². The zero-order chi connectivity index (χ0) is 32.9. The van der Waals surface area contributed by atoms with E-state index in [4.69, 9.17) is 0 Å². The van der Waals surface area contributed by atoms with Crippen molar-refractivity contribution in [2.45, 2.75) is 25.4 Å². The van der Waals surface area contributed by atoms with E-state index in [2.05, 4.69) is 81.7 Å². The van der Waals surface area contributed by atoms with Crippen LogP contribution in [0.5, 0.6) is 0 Å². The Bertz CT molecular complexity index is 1830. The van der Waals surface area contributed by atoms with Gasteiger partial charge >= 0.3 is 6.03 Å². The number of H-pyrrole nitrogens is 1. The molecular weight excluding hydrogens is 596 g/mol. The quantitative estimate of drug-likeness (QED) is 0.209. The number of aromatic nitrogens is 1. The number of carbonyl (C=O) groups is 2. The Morgan fingerprint density at radius 2 is 1.54 bits per heavy atom. The lowest BCUT2D eigenvalue weighted by Crippen LogP contribution is -2.58. The van der Waals surface area contributed by atoms with Crippen LogP contribution >= 0.6 is 0 Å². The van der Waals surface area contributed by atoms with Crippen LogP contribution in [0.4, 0.5) is 16.2 Å². The molecular formula is C40H44N6O2. The van der Waals surface area contributed by atoms with Gasteiger partial charge in [0.2, 0.25) is 5.91 Å². The molecule has 246 valence electrons. The molecule has 1 fully saturated rings. The molecule has 1 aromatic heterocycles. The molecule has 0 saturated carbocycles. The molecule has 0 aliphatic carbocycles. The Balaban J connectivity index is 1.11. The fourth-order valence-corrected chi connectivity index (χ4v) is 7.37. The summed E-state index contributed by atoms with van der Waals surface area (Å²) in [4.78, 5) is 40.4. The second kappa shape index (κ2) is 14.4. The first kappa shape index (κ1) is 31.5. The van der Waals surface area contributed by atoms with Crippen molar-refractivity contribution in [3.05, 3.63) is 132 Å². The molecule has 8 nitrogen and oxygen atoms in total. The van der Waals surface area contributed by atoms with Gasteiger partial charge in [-0.3, -0.25) is 4.79 Å². The molecule has 2 unspecified atom stereocenters. The number of piperazine rings is 1. The molecule has 3 amide bonds. The Morgan fingerprint density at radius 1 is 0.854 bits per heavy atom. The van der Waals surface area contributed by atoms with E-state index in [0.29, 0.717) is 26.1 Å². The summed E-state index contributed by atoms with van der Waals surface area (Å²) in [6.07, 6.45) is 3.28. The van der Waals surface area contributed by atoms with E-state index in [1.807, 2.05) is 70.6 Å². The monoisotopic (exact) mass is 640 g/mol. The van der Waals surface area contributed by atoms with Crippen LogP contribution in [0.15, 0.2) is 115 Å². The van der Waals surface area contributed by atoms with Crippen molar-refractivity contribution in [2.24, 2.45) is 5.92 Å². The lowest BCUT2D eigenvalue weighted by Gasteiger charge is -2.39. The molecule has 48 heavy (non-hydrogen) atoms. The van der Waals surface area contributed by atoms with Crippen LogP contribution in [-0.2, 0) is 24.2 Å². The van der Waals surface area contributed by atoms with Crippen molar-refractivity contribution < 1.29 is 9.59 Å². The molecule has 1 saturated heterocycles. The van der Waals surface area contributed by atoms with Crippen LogP contribution in [0.3, 0.4) is 0 Å². The summed E-state index contributed by atoms with van der Waals surface area (Å²) in [5, 5.41) is 4.28. The number of aromatic amines is 1. The number of benzene rings is 4. The molecule has 0 radical (unpaired) electrons. The minimum absolute atomic E-state index is 0.0700. The average Bonchev–Trinajstić information content (AvgIpc) is 3.54. The highest BCUT2D eigenvalue weighted by atomic mass is 16.2. The number of nitrogens with zero attached hydrogens (tertiary/aromatic N) is 4. The van der Waals surface area contributed by atoms with Crippen molar-refractivity contribution in [3.8, 4) is 0 Å². The molecule has 7 rings (SSSR count). The van der Waals surface area contributed by atoms with Gasteiger partial charge < -0.3 is 29.9 Å². The van der Waals surface area contributed by atoms with E-state index in [0.717, 1.165) is 60.4 Å². The van der Waals surface area contributed by atoms with Gasteiger partial charge in [0.25, 0.3) is 0 Å². The minimum Gasteiger partial charge on any atom is -0.368 e. The number of rotatable bonds is 9. The zero-order valence-electron chi connectivity index (χ0n) is 27.6. The largest absolute Gasteiger partial charge is 0.368 e. The van der Waals surface area contributed by atoms with Gasteiger partial charge in [0.15, 0.2) is 0 Å². The smallest absolute Gasteiger partial charge is 0.318 e. The molecule has 2 aliphatic rings. The molecule has 2 aliphatic heterocycles. The van der Waals surface area contributed by atoms with Crippen LogP contribution in [0.1, 0.15) is 16.7 Å². The van der Waals surface area contributed by atoms with Gasteiger partial charge in [-0.25, -0.2) is 4.79 Å². The Hall–Kier alpha value is -5.08. The fourth-order valence-electron chi connectivity index (χ4n) is 7.37. The number of nitrogens with one attached hydrogen (secondary N) is 2. The molecule has 3 heterocycles. The Labute approximate surface area is 283 Å². The number of carbonyl (C=O) groups excluding carboxylic acids is 2. The second-order valence-corrected chi connectivity index (χ2v) is 13.2. The van der Waals surface area contributed by atoms with Crippen LogP contribution in [0.2, 0.25) is 0 Å². The zero-order valence-corrected chi connectivity index (χ0v) is 27.6.